The molecular formula is C21H26FN3O4S. The van der Waals surface area contributed by atoms with Crippen LogP contribution < -0.4 is 4.72 Å². The zero-order valence-corrected chi connectivity index (χ0v) is 18.1. The van der Waals surface area contributed by atoms with Gasteiger partial charge < -0.3 is 9.80 Å². The highest BCUT2D eigenvalue weighted by molar-refractivity contribution is 7.89. The van der Waals surface area contributed by atoms with Gasteiger partial charge in [0.1, 0.15) is 5.82 Å². The number of rotatable bonds is 9. The summed E-state index contributed by atoms with van der Waals surface area (Å²) in [6.45, 7) is 2.59. The number of hydrogen-bond donors (Lipinski definition) is 1. The molecule has 30 heavy (non-hydrogen) atoms. The quantitative estimate of drug-likeness (QED) is 0.655. The van der Waals surface area contributed by atoms with Crippen LogP contribution in [0.5, 0.6) is 0 Å². The SMILES string of the molecule is CCN(Cc1ccc(C(=O)N(C)C)cc1)C(=O)CCNS(=O)(=O)c1ccc(F)cc1. The van der Waals surface area contributed by atoms with E-state index in [2.05, 4.69) is 4.72 Å². The topological polar surface area (TPSA) is 86.8 Å². The summed E-state index contributed by atoms with van der Waals surface area (Å²) in [5, 5.41) is 0. The highest BCUT2D eigenvalue weighted by Gasteiger charge is 2.17. The molecule has 2 aromatic rings. The molecule has 0 saturated heterocycles. The lowest BCUT2D eigenvalue weighted by molar-refractivity contribution is -0.131. The first-order chi connectivity index (χ1) is 14.1. The first kappa shape index (κ1) is 23.5. The Morgan fingerprint density at radius 2 is 1.60 bits per heavy atom. The lowest BCUT2D eigenvalue weighted by Gasteiger charge is -2.21. The molecule has 2 amide bonds. The molecule has 0 heterocycles. The third kappa shape index (κ3) is 6.36. The Hall–Kier alpha value is -2.78. The van der Waals surface area contributed by atoms with E-state index < -0.39 is 15.8 Å². The Bertz CT molecular complexity index is 974. The number of nitrogens with zero attached hydrogens (tertiary/aromatic N) is 2. The number of nitrogens with one attached hydrogen (secondary N) is 1. The summed E-state index contributed by atoms with van der Waals surface area (Å²) < 4.78 is 39.7. The highest BCUT2D eigenvalue weighted by Crippen LogP contribution is 2.11. The van der Waals surface area contributed by atoms with Gasteiger partial charge in [-0.1, -0.05) is 12.1 Å². The van der Waals surface area contributed by atoms with Crippen LogP contribution in [0.25, 0.3) is 0 Å². The molecule has 0 atom stereocenters. The van der Waals surface area contributed by atoms with Crippen LogP contribution in [0.4, 0.5) is 4.39 Å². The molecule has 0 aromatic heterocycles. The van der Waals surface area contributed by atoms with Gasteiger partial charge in [-0.15, -0.1) is 0 Å². The third-order valence-electron chi connectivity index (χ3n) is 4.47. The number of sulfonamides is 1. The molecule has 162 valence electrons. The second-order valence-corrected chi connectivity index (χ2v) is 8.67. The van der Waals surface area contributed by atoms with Crippen molar-refractivity contribution < 1.29 is 22.4 Å². The molecule has 7 nitrogen and oxygen atoms in total. The zero-order chi connectivity index (χ0) is 22.3. The second kappa shape index (κ2) is 10.3. The predicted molar refractivity (Wildman–Crippen MR) is 112 cm³/mol. The monoisotopic (exact) mass is 435 g/mol. The van der Waals surface area contributed by atoms with E-state index in [9.17, 15) is 22.4 Å². The minimum absolute atomic E-state index is 0.00847. The van der Waals surface area contributed by atoms with Gasteiger partial charge in [0, 0.05) is 45.7 Å². The molecule has 2 rings (SSSR count). The maximum Gasteiger partial charge on any atom is 0.253 e. The maximum absolute atomic E-state index is 13.0. The van der Waals surface area contributed by atoms with E-state index in [1.807, 2.05) is 6.92 Å². The molecule has 2 aromatic carbocycles. The van der Waals surface area contributed by atoms with Gasteiger partial charge in [-0.3, -0.25) is 9.59 Å². The fourth-order valence-corrected chi connectivity index (χ4v) is 3.79. The summed E-state index contributed by atoms with van der Waals surface area (Å²) in [6.07, 6.45) is -0.00847. The maximum atomic E-state index is 13.0. The van der Waals surface area contributed by atoms with Crippen LogP contribution in [0.15, 0.2) is 53.4 Å². The average molecular weight is 436 g/mol. The summed E-state index contributed by atoms with van der Waals surface area (Å²) in [7, 11) is -0.450. The van der Waals surface area contributed by atoms with Gasteiger partial charge in [-0.25, -0.2) is 17.5 Å². The van der Waals surface area contributed by atoms with Crippen molar-refractivity contribution in [3.05, 3.63) is 65.5 Å². The Balaban J connectivity index is 1.91. The highest BCUT2D eigenvalue weighted by atomic mass is 32.2. The van der Waals surface area contributed by atoms with Crippen molar-refractivity contribution in [2.24, 2.45) is 0 Å². The van der Waals surface area contributed by atoms with E-state index in [0.717, 1.165) is 17.7 Å². The fourth-order valence-electron chi connectivity index (χ4n) is 2.76. The molecule has 9 heteroatoms. The molecule has 0 aliphatic heterocycles. The first-order valence-electron chi connectivity index (χ1n) is 9.47. The van der Waals surface area contributed by atoms with E-state index >= 15 is 0 Å². The van der Waals surface area contributed by atoms with Gasteiger partial charge in [-0.2, -0.15) is 0 Å². The lowest BCUT2D eigenvalue weighted by atomic mass is 10.1. The van der Waals surface area contributed by atoms with Gasteiger partial charge in [0.15, 0.2) is 0 Å². The van der Waals surface area contributed by atoms with Crippen molar-refractivity contribution in [3.8, 4) is 0 Å². The standard InChI is InChI=1S/C21H26FN3O4S/c1-4-25(15-16-5-7-17(8-6-16)21(27)24(2)3)20(26)13-14-23-30(28,29)19-11-9-18(22)10-12-19/h5-12,23H,4,13-15H2,1-3H3. The van der Waals surface area contributed by atoms with Crippen LogP contribution in [0.1, 0.15) is 29.3 Å². The van der Waals surface area contributed by atoms with Crippen molar-refractivity contribution in [3.63, 3.8) is 0 Å². The normalized spacial score (nSPS) is 11.2. The number of carbonyl (C=O) groups is 2. The summed E-state index contributed by atoms with van der Waals surface area (Å²) in [5.74, 6) is -0.826. The summed E-state index contributed by atoms with van der Waals surface area (Å²) >= 11 is 0. The van der Waals surface area contributed by atoms with Crippen molar-refractivity contribution >= 4 is 21.8 Å². The molecule has 0 aliphatic carbocycles. The molecule has 1 N–H and O–H groups in total. The van der Waals surface area contributed by atoms with Gasteiger partial charge in [0.25, 0.3) is 5.91 Å². The molecule has 0 saturated carbocycles. The molecule has 0 radical (unpaired) electrons. The Kier molecular flexibility index (Phi) is 8.08. The van der Waals surface area contributed by atoms with Gasteiger partial charge in [-0.05, 0) is 48.9 Å². The van der Waals surface area contributed by atoms with E-state index in [-0.39, 0.29) is 29.7 Å². The lowest BCUT2D eigenvalue weighted by Crippen LogP contribution is -2.34. The molecule has 0 unspecified atom stereocenters. The van der Waals surface area contributed by atoms with Crippen LogP contribution in [-0.4, -0.2) is 57.2 Å². The van der Waals surface area contributed by atoms with Crippen molar-refractivity contribution in [1.82, 2.24) is 14.5 Å². The molecular weight excluding hydrogens is 409 g/mol. The molecule has 0 bridgehead atoms. The van der Waals surface area contributed by atoms with Crippen LogP contribution in [0, 0.1) is 5.82 Å². The van der Waals surface area contributed by atoms with Crippen molar-refractivity contribution in [1.29, 1.82) is 0 Å². The van der Waals surface area contributed by atoms with Crippen LogP contribution in [0.2, 0.25) is 0 Å². The van der Waals surface area contributed by atoms with Gasteiger partial charge >= 0.3 is 0 Å². The van der Waals surface area contributed by atoms with Crippen LogP contribution in [0.3, 0.4) is 0 Å². The van der Waals surface area contributed by atoms with Crippen molar-refractivity contribution in [2.45, 2.75) is 24.8 Å². The number of carbonyl (C=O) groups excluding carboxylic acids is 2. The molecule has 0 fully saturated rings. The summed E-state index contributed by atoms with van der Waals surface area (Å²) in [4.78, 5) is 27.5. The van der Waals surface area contributed by atoms with Gasteiger partial charge in [0.2, 0.25) is 15.9 Å². The summed E-state index contributed by atoms with van der Waals surface area (Å²) in [6, 6.07) is 11.5. The Morgan fingerprint density at radius 1 is 1.00 bits per heavy atom. The zero-order valence-electron chi connectivity index (χ0n) is 17.3. The van der Waals surface area contributed by atoms with E-state index in [0.29, 0.717) is 18.7 Å². The first-order valence-corrected chi connectivity index (χ1v) is 11.0. The average Bonchev–Trinajstić information content (AvgIpc) is 2.71. The van der Waals surface area contributed by atoms with Crippen LogP contribution >= 0.6 is 0 Å². The third-order valence-corrected chi connectivity index (χ3v) is 5.95. The fraction of sp³-hybridized carbons (Fsp3) is 0.333. The largest absolute Gasteiger partial charge is 0.345 e. The van der Waals surface area contributed by atoms with Crippen molar-refractivity contribution in [2.75, 3.05) is 27.2 Å². The van der Waals surface area contributed by atoms with Gasteiger partial charge in [0.05, 0.1) is 4.90 Å². The number of benzene rings is 2. The van der Waals surface area contributed by atoms with E-state index in [1.165, 1.54) is 17.0 Å². The Labute approximate surface area is 176 Å². The van der Waals surface area contributed by atoms with E-state index in [1.54, 1.807) is 43.3 Å². The Morgan fingerprint density at radius 3 is 2.13 bits per heavy atom. The smallest absolute Gasteiger partial charge is 0.253 e. The van der Waals surface area contributed by atoms with E-state index in [4.69, 9.17) is 0 Å². The number of hydrogen-bond acceptors (Lipinski definition) is 4. The minimum Gasteiger partial charge on any atom is -0.345 e. The minimum atomic E-state index is -3.81. The van der Waals surface area contributed by atoms with Crippen LogP contribution in [-0.2, 0) is 21.4 Å². The number of amides is 2. The summed E-state index contributed by atoms with van der Waals surface area (Å²) in [5.41, 5.74) is 1.43. The molecule has 0 aliphatic rings. The second-order valence-electron chi connectivity index (χ2n) is 6.91. The predicted octanol–water partition coefficient (Wildman–Crippen LogP) is 2.24. The molecule has 0 spiro atoms. The number of halogens is 1.